The van der Waals surface area contributed by atoms with Crippen LogP contribution in [-0.4, -0.2) is 44.6 Å². The number of likely N-dealkylation sites (N-methyl/N-ethyl adjacent to an activating group) is 1. The maximum absolute atomic E-state index is 11.1. The Hall–Kier alpha value is -1.07. The summed E-state index contributed by atoms with van der Waals surface area (Å²) in [6.07, 6.45) is 0.519. The lowest BCUT2D eigenvalue weighted by atomic mass is 10.3. The maximum Gasteiger partial charge on any atom is 0.221 e. The van der Waals surface area contributed by atoms with Crippen molar-refractivity contribution in [2.45, 2.75) is 6.42 Å². The quantitative estimate of drug-likeness (QED) is 0.835. The number of nitrogens with one attached hydrogen (secondary N) is 1. The predicted molar refractivity (Wildman–Crippen MR) is 75.8 cm³/mol. The summed E-state index contributed by atoms with van der Waals surface area (Å²) in [5.41, 5.74) is 0. The number of rotatable bonds is 7. The van der Waals surface area contributed by atoms with Gasteiger partial charge >= 0.3 is 0 Å². The van der Waals surface area contributed by atoms with Gasteiger partial charge < -0.3 is 15.0 Å². The zero-order valence-electron chi connectivity index (χ0n) is 10.8. The molecule has 0 aliphatic heterocycles. The summed E-state index contributed by atoms with van der Waals surface area (Å²) < 4.78 is 6.64. The molecule has 1 aromatic carbocycles. The molecule has 1 amide bonds. The lowest BCUT2D eigenvalue weighted by molar-refractivity contribution is -0.120. The smallest absolute Gasteiger partial charge is 0.221 e. The van der Waals surface area contributed by atoms with Crippen molar-refractivity contribution >= 4 is 21.8 Å². The first-order valence-corrected chi connectivity index (χ1v) is 6.68. The van der Waals surface area contributed by atoms with Crippen LogP contribution in [0.3, 0.4) is 0 Å². The fraction of sp³-hybridized carbons (Fsp3) is 0.462. The van der Waals surface area contributed by atoms with Crippen molar-refractivity contribution in [2.24, 2.45) is 0 Å². The van der Waals surface area contributed by atoms with E-state index < -0.39 is 0 Å². The molecule has 100 valence electrons. The number of carbonyl (C=O) groups excluding carboxylic acids is 1. The van der Waals surface area contributed by atoms with Gasteiger partial charge in [0.15, 0.2) is 0 Å². The third-order valence-corrected chi connectivity index (χ3v) is 3.08. The van der Waals surface area contributed by atoms with E-state index in [0.29, 0.717) is 13.0 Å². The highest BCUT2D eigenvalue weighted by atomic mass is 79.9. The molecule has 18 heavy (non-hydrogen) atoms. The van der Waals surface area contributed by atoms with Crippen molar-refractivity contribution < 1.29 is 9.53 Å². The van der Waals surface area contributed by atoms with Gasteiger partial charge in [-0.15, -0.1) is 0 Å². The second-order valence-electron chi connectivity index (χ2n) is 4.03. The van der Waals surface area contributed by atoms with Gasteiger partial charge in [0.25, 0.3) is 0 Å². The van der Waals surface area contributed by atoms with Gasteiger partial charge in [-0.1, -0.05) is 15.9 Å². The SMILES string of the molecule is CNC(=O)CCN(C)CCOc1ccc(Br)cc1. The minimum absolute atomic E-state index is 0.0654. The van der Waals surface area contributed by atoms with Gasteiger partial charge in [0.1, 0.15) is 12.4 Å². The Morgan fingerprint density at radius 2 is 2.00 bits per heavy atom. The Kier molecular flexibility index (Phi) is 6.75. The Morgan fingerprint density at radius 3 is 2.61 bits per heavy atom. The fourth-order valence-electron chi connectivity index (χ4n) is 1.38. The maximum atomic E-state index is 11.1. The number of hydrogen-bond donors (Lipinski definition) is 1. The minimum Gasteiger partial charge on any atom is -0.492 e. The van der Waals surface area contributed by atoms with E-state index in [2.05, 4.69) is 26.1 Å². The predicted octanol–water partition coefficient (Wildman–Crippen LogP) is 1.90. The van der Waals surface area contributed by atoms with E-state index in [9.17, 15) is 4.79 Å². The van der Waals surface area contributed by atoms with Crippen LogP contribution in [0.15, 0.2) is 28.7 Å². The van der Waals surface area contributed by atoms with Crippen molar-refractivity contribution in [3.63, 3.8) is 0 Å². The van der Waals surface area contributed by atoms with Gasteiger partial charge in [0.05, 0.1) is 0 Å². The van der Waals surface area contributed by atoms with Crippen LogP contribution in [0, 0.1) is 0 Å². The molecule has 4 nitrogen and oxygen atoms in total. The first kappa shape index (κ1) is 15.0. The molecule has 0 atom stereocenters. The van der Waals surface area contributed by atoms with Crippen LogP contribution in [0.1, 0.15) is 6.42 Å². The summed E-state index contributed by atoms with van der Waals surface area (Å²) >= 11 is 3.38. The normalized spacial score (nSPS) is 10.4. The van der Waals surface area contributed by atoms with Crippen LogP contribution < -0.4 is 10.1 Å². The first-order valence-electron chi connectivity index (χ1n) is 5.89. The lowest BCUT2D eigenvalue weighted by Crippen LogP contribution is -2.29. The Morgan fingerprint density at radius 1 is 1.33 bits per heavy atom. The van der Waals surface area contributed by atoms with Crippen LogP contribution in [0.2, 0.25) is 0 Å². The number of carbonyl (C=O) groups is 1. The number of ether oxygens (including phenoxy) is 1. The van der Waals surface area contributed by atoms with Gasteiger partial charge in [0, 0.05) is 31.0 Å². The van der Waals surface area contributed by atoms with E-state index >= 15 is 0 Å². The Balaban J connectivity index is 2.17. The largest absolute Gasteiger partial charge is 0.492 e. The van der Waals surface area contributed by atoms with E-state index in [0.717, 1.165) is 23.3 Å². The van der Waals surface area contributed by atoms with Crippen molar-refractivity contribution in [2.75, 3.05) is 33.8 Å². The summed E-state index contributed by atoms with van der Waals surface area (Å²) in [7, 11) is 3.63. The molecule has 0 unspecified atom stereocenters. The van der Waals surface area contributed by atoms with Crippen molar-refractivity contribution in [1.29, 1.82) is 0 Å². The molecule has 0 bridgehead atoms. The number of nitrogens with zero attached hydrogens (tertiary/aromatic N) is 1. The molecule has 0 saturated heterocycles. The van der Waals surface area contributed by atoms with Gasteiger partial charge in [-0.05, 0) is 31.3 Å². The topological polar surface area (TPSA) is 41.6 Å². The standard InChI is InChI=1S/C13H19BrN2O2/c1-15-13(17)7-8-16(2)9-10-18-12-5-3-11(14)4-6-12/h3-6H,7-10H2,1-2H3,(H,15,17). The average molecular weight is 315 g/mol. The second kappa shape index (κ2) is 8.11. The van der Waals surface area contributed by atoms with Gasteiger partial charge in [0.2, 0.25) is 5.91 Å². The van der Waals surface area contributed by atoms with Gasteiger partial charge in [-0.25, -0.2) is 0 Å². The summed E-state index contributed by atoms with van der Waals surface area (Å²) in [4.78, 5) is 13.1. The minimum atomic E-state index is 0.0654. The molecular weight excluding hydrogens is 296 g/mol. The molecule has 0 heterocycles. The Bertz CT molecular complexity index is 368. The fourth-order valence-corrected chi connectivity index (χ4v) is 1.64. The molecule has 0 spiro atoms. The average Bonchev–Trinajstić information content (AvgIpc) is 2.38. The molecule has 1 N–H and O–H groups in total. The highest BCUT2D eigenvalue weighted by molar-refractivity contribution is 9.10. The van der Waals surface area contributed by atoms with Gasteiger partial charge in [-0.2, -0.15) is 0 Å². The molecule has 1 aromatic rings. The number of benzene rings is 1. The Labute approximate surface area is 116 Å². The van der Waals surface area contributed by atoms with E-state index in [1.54, 1.807) is 7.05 Å². The number of amides is 1. The molecular formula is C13H19BrN2O2. The summed E-state index contributed by atoms with van der Waals surface area (Å²) in [6, 6.07) is 7.75. The highest BCUT2D eigenvalue weighted by Gasteiger charge is 2.02. The molecule has 0 aliphatic rings. The van der Waals surface area contributed by atoms with Crippen LogP contribution in [0.4, 0.5) is 0 Å². The van der Waals surface area contributed by atoms with E-state index in [-0.39, 0.29) is 5.91 Å². The third kappa shape index (κ3) is 6.02. The lowest BCUT2D eigenvalue weighted by Gasteiger charge is -2.16. The first-order chi connectivity index (χ1) is 8.61. The summed E-state index contributed by atoms with van der Waals surface area (Å²) in [5.74, 6) is 0.925. The third-order valence-electron chi connectivity index (χ3n) is 2.55. The summed E-state index contributed by atoms with van der Waals surface area (Å²) in [5, 5.41) is 2.61. The van der Waals surface area contributed by atoms with E-state index in [1.165, 1.54) is 0 Å². The van der Waals surface area contributed by atoms with Crippen LogP contribution in [0.25, 0.3) is 0 Å². The van der Waals surface area contributed by atoms with Crippen LogP contribution in [0.5, 0.6) is 5.75 Å². The molecule has 5 heteroatoms. The van der Waals surface area contributed by atoms with E-state index in [4.69, 9.17) is 4.74 Å². The monoisotopic (exact) mass is 314 g/mol. The number of halogens is 1. The zero-order valence-corrected chi connectivity index (χ0v) is 12.4. The van der Waals surface area contributed by atoms with Gasteiger partial charge in [-0.3, -0.25) is 4.79 Å². The molecule has 0 aliphatic carbocycles. The molecule has 0 fully saturated rings. The highest BCUT2D eigenvalue weighted by Crippen LogP contribution is 2.15. The number of hydrogen-bond acceptors (Lipinski definition) is 3. The van der Waals surface area contributed by atoms with Crippen molar-refractivity contribution in [3.05, 3.63) is 28.7 Å². The molecule has 0 saturated carbocycles. The molecule has 0 radical (unpaired) electrons. The van der Waals surface area contributed by atoms with Crippen molar-refractivity contribution in [3.8, 4) is 5.75 Å². The van der Waals surface area contributed by atoms with E-state index in [1.807, 2.05) is 31.3 Å². The zero-order chi connectivity index (χ0) is 13.4. The molecule has 0 aromatic heterocycles. The van der Waals surface area contributed by atoms with Crippen LogP contribution >= 0.6 is 15.9 Å². The van der Waals surface area contributed by atoms with Crippen molar-refractivity contribution in [1.82, 2.24) is 10.2 Å². The van der Waals surface area contributed by atoms with Crippen LogP contribution in [-0.2, 0) is 4.79 Å². The second-order valence-corrected chi connectivity index (χ2v) is 4.94. The summed E-state index contributed by atoms with van der Waals surface area (Å²) in [6.45, 7) is 2.16. The molecule has 1 rings (SSSR count).